The molecule has 7 heteroatoms. The van der Waals surface area contributed by atoms with Crippen molar-refractivity contribution in [3.63, 3.8) is 0 Å². The van der Waals surface area contributed by atoms with Crippen molar-refractivity contribution in [3.8, 4) is 0 Å². The first-order chi connectivity index (χ1) is 10.7. The lowest BCUT2D eigenvalue weighted by molar-refractivity contribution is -0.387. The van der Waals surface area contributed by atoms with Crippen LogP contribution in [0.3, 0.4) is 0 Å². The van der Waals surface area contributed by atoms with E-state index in [0.717, 1.165) is 5.56 Å². The van der Waals surface area contributed by atoms with Gasteiger partial charge in [0.05, 0.1) is 10.6 Å². The van der Waals surface area contributed by atoms with Crippen LogP contribution in [0.1, 0.15) is 19.4 Å². The highest BCUT2D eigenvalue weighted by Crippen LogP contribution is 2.31. The van der Waals surface area contributed by atoms with Crippen molar-refractivity contribution in [2.24, 2.45) is 0 Å². The molecule has 122 valence electrons. The minimum Gasteiger partial charge on any atom is -0.264 e. The van der Waals surface area contributed by atoms with Gasteiger partial charge in [-0.2, -0.15) is 0 Å². The first-order valence-corrected chi connectivity index (χ1v) is 8.53. The predicted octanol–water partition coefficient (Wildman–Crippen LogP) is 3.51. The number of anilines is 1. The Bertz CT molecular complexity index is 814. The van der Waals surface area contributed by atoms with Crippen LogP contribution in [0.15, 0.2) is 53.4 Å². The number of sulfonamides is 1. The van der Waals surface area contributed by atoms with Crippen molar-refractivity contribution in [1.82, 2.24) is 0 Å². The van der Waals surface area contributed by atoms with Crippen LogP contribution in [0.4, 0.5) is 11.4 Å². The fraction of sp³-hybridized carbons (Fsp3) is 0.250. The third-order valence-electron chi connectivity index (χ3n) is 3.36. The van der Waals surface area contributed by atoms with Crippen LogP contribution < -0.4 is 4.31 Å². The molecule has 2 rings (SSSR count). The molecule has 0 aliphatic carbocycles. The van der Waals surface area contributed by atoms with Crippen molar-refractivity contribution in [3.05, 3.63) is 64.2 Å². The number of benzene rings is 2. The smallest absolute Gasteiger partial charge is 0.264 e. The lowest BCUT2D eigenvalue weighted by atomic mass is 10.2. The molecule has 23 heavy (non-hydrogen) atoms. The second kappa shape index (κ2) is 6.37. The average molecular weight is 334 g/mol. The van der Waals surface area contributed by atoms with Gasteiger partial charge in [-0.05, 0) is 39.0 Å². The predicted molar refractivity (Wildman–Crippen MR) is 89.1 cm³/mol. The Morgan fingerprint density at radius 3 is 2.13 bits per heavy atom. The standard InChI is InChI=1S/C16H18N2O4S/c1-12(2)17(14-10-8-13(3)9-11-14)23(21,22)16-7-5-4-6-15(16)18(19)20/h4-12H,1-3H3. The zero-order valence-electron chi connectivity index (χ0n) is 13.1. The first kappa shape index (κ1) is 17.0. The Kier molecular flexibility index (Phi) is 4.70. The Balaban J connectivity index is 2.63. The highest BCUT2D eigenvalue weighted by Gasteiger charge is 2.33. The average Bonchev–Trinajstić information content (AvgIpc) is 2.49. The Labute approximate surface area is 135 Å². The van der Waals surface area contributed by atoms with Crippen LogP contribution in [-0.2, 0) is 10.0 Å². The van der Waals surface area contributed by atoms with Crippen molar-refractivity contribution in [2.75, 3.05) is 4.31 Å². The van der Waals surface area contributed by atoms with Crippen LogP contribution in [0.5, 0.6) is 0 Å². The molecule has 0 amide bonds. The highest BCUT2D eigenvalue weighted by atomic mass is 32.2. The fourth-order valence-corrected chi connectivity index (χ4v) is 4.16. The summed E-state index contributed by atoms with van der Waals surface area (Å²) in [5, 5.41) is 11.2. The molecule has 6 nitrogen and oxygen atoms in total. The lowest BCUT2D eigenvalue weighted by Crippen LogP contribution is -2.37. The van der Waals surface area contributed by atoms with Gasteiger partial charge in [0.25, 0.3) is 15.7 Å². The van der Waals surface area contributed by atoms with Gasteiger partial charge in [0.1, 0.15) is 0 Å². The molecule has 0 saturated heterocycles. The Morgan fingerprint density at radius 2 is 1.61 bits per heavy atom. The van der Waals surface area contributed by atoms with Crippen LogP contribution >= 0.6 is 0 Å². The van der Waals surface area contributed by atoms with E-state index in [9.17, 15) is 18.5 Å². The van der Waals surface area contributed by atoms with Gasteiger partial charge >= 0.3 is 0 Å². The third-order valence-corrected chi connectivity index (χ3v) is 5.41. The number of nitrogens with zero attached hydrogens (tertiary/aromatic N) is 2. The fourth-order valence-electron chi connectivity index (χ4n) is 2.34. The number of para-hydroxylation sites is 1. The summed E-state index contributed by atoms with van der Waals surface area (Å²) >= 11 is 0. The normalized spacial score (nSPS) is 11.5. The molecule has 0 radical (unpaired) electrons. The molecule has 2 aromatic carbocycles. The van der Waals surface area contributed by atoms with Gasteiger partial charge in [0, 0.05) is 12.1 Å². The largest absolute Gasteiger partial charge is 0.289 e. The van der Waals surface area contributed by atoms with Gasteiger partial charge in [-0.15, -0.1) is 0 Å². The van der Waals surface area contributed by atoms with E-state index >= 15 is 0 Å². The molecule has 0 heterocycles. The number of nitro groups is 1. The molecule has 0 aliphatic rings. The van der Waals surface area contributed by atoms with Crippen molar-refractivity contribution < 1.29 is 13.3 Å². The number of nitro benzene ring substituents is 1. The number of aryl methyl sites for hydroxylation is 1. The number of hydrogen-bond donors (Lipinski definition) is 0. The summed E-state index contributed by atoms with van der Waals surface area (Å²) in [7, 11) is -4.05. The summed E-state index contributed by atoms with van der Waals surface area (Å²) in [6.45, 7) is 5.36. The summed E-state index contributed by atoms with van der Waals surface area (Å²) in [6.07, 6.45) is 0. The van der Waals surface area contributed by atoms with Crippen LogP contribution in [-0.4, -0.2) is 19.4 Å². The van der Waals surface area contributed by atoms with Crippen LogP contribution in [0.2, 0.25) is 0 Å². The number of rotatable bonds is 5. The van der Waals surface area contributed by atoms with E-state index in [1.54, 1.807) is 38.1 Å². The molecular weight excluding hydrogens is 316 g/mol. The van der Waals surface area contributed by atoms with E-state index < -0.39 is 20.6 Å². The maximum absolute atomic E-state index is 13.0. The minimum atomic E-state index is -4.05. The summed E-state index contributed by atoms with van der Waals surface area (Å²) in [5.74, 6) is 0. The monoisotopic (exact) mass is 334 g/mol. The maximum Gasteiger partial charge on any atom is 0.289 e. The Morgan fingerprint density at radius 1 is 1.04 bits per heavy atom. The van der Waals surface area contributed by atoms with Gasteiger partial charge in [0.15, 0.2) is 4.90 Å². The second-order valence-corrected chi connectivity index (χ2v) is 7.24. The van der Waals surface area contributed by atoms with E-state index in [0.29, 0.717) is 5.69 Å². The van der Waals surface area contributed by atoms with Crippen molar-refractivity contribution >= 4 is 21.4 Å². The zero-order valence-corrected chi connectivity index (χ0v) is 13.9. The molecule has 0 fully saturated rings. The van der Waals surface area contributed by atoms with Crippen LogP contribution in [0, 0.1) is 17.0 Å². The summed E-state index contributed by atoms with van der Waals surface area (Å²) in [4.78, 5) is 10.2. The van der Waals surface area contributed by atoms with Gasteiger partial charge in [-0.1, -0.05) is 29.8 Å². The van der Waals surface area contributed by atoms with Gasteiger partial charge in [-0.25, -0.2) is 8.42 Å². The topological polar surface area (TPSA) is 80.5 Å². The second-order valence-electron chi connectivity index (χ2n) is 5.45. The minimum absolute atomic E-state index is 0.306. The lowest BCUT2D eigenvalue weighted by Gasteiger charge is -2.28. The molecule has 0 unspecified atom stereocenters. The van der Waals surface area contributed by atoms with Crippen LogP contribution in [0.25, 0.3) is 0 Å². The SMILES string of the molecule is Cc1ccc(N(C(C)C)S(=O)(=O)c2ccccc2[N+](=O)[O-])cc1. The van der Waals surface area contributed by atoms with E-state index in [2.05, 4.69) is 0 Å². The van der Waals surface area contributed by atoms with Gasteiger partial charge in [-0.3, -0.25) is 14.4 Å². The van der Waals surface area contributed by atoms with Gasteiger partial charge < -0.3 is 0 Å². The Hall–Kier alpha value is -2.41. The van der Waals surface area contributed by atoms with Crippen molar-refractivity contribution in [2.45, 2.75) is 31.7 Å². The molecule has 0 aromatic heterocycles. The third kappa shape index (κ3) is 3.34. The summed E-state index contributed by atoms with van der Waals surface area (Å²) < 4.78 is 27.2. The number of hydrogen-bond acceptors (Lipinski definition) is 4. The molecule has 2 aromatic rings. The molecule has 0 atom stereocenters. The van der Waals surface area contributed by atoms with E-state index in [4.69, 9.17) is 0 Å². The molecule has 0 aliphatic heterocycles. The molecule has 0 N–H and O–H groups in total. The van der Waals surface area contributed by atoms with E-state index in [1.807, 2.05) is 6.92 Å². The van der Waals surface area contributed by atoms with E-state index in [-0.39, 0.29) is 10.9 Å². The van der Waals surface area contributed by atoms with Gasteiger partial charge in [0.2, 0.25) is 0 Å². The summed E-state index contributed by atoms with van der Waals surface area (Å²) in [5.41, 5.74) is 1.05. The summed E-state index contributed by atoms with van der Waals surface area (Å²) in [6, 6.07) is 12.0. The molecular formula is C16H18N2O4S. The van der Waals surface area contributed by atoms with Crippen molar-refractivity contribution in [1.29, 1.82) is 0 Å². The quantitative estimate of drug-likeness (QED) is 0.619. The maximum atomic E-state index is 13.0. The molecule has 0 spiro atoms. The van der Waals surface area contributed by atoms with E-state index in [1.165, 1.54) is 28.6 Å². The first-order valence-electron chi connectivity index (χ1n) is 7.09. The molecule has 0 saturated carbocycles. The molecule has 0 bridgehead atoms. The highest BCUT2D eigenvalue weighted by molar-refractivity contribution is 7.93. The zero-order chi connectivity index (χ0) is 17.2.